The van der Waals surface area contributed by atoms with E-state index in [-0.39, 0.29) is 0 Å². The van der Waals surface area contributed by atoms with Crippen molar-refractivity contribution in [2.75, 3.05) is 0 Å². The van der Waals surface area contributed by atoms with Crippen molar-refractivity contribution in [3.05, 3.63) is 0 Å². The molecule has 0 atom stereocenters. The van der Waals surface area contributed by atoms with Gasteiger partial charge in [0.2, 0.25) is 0 Å². The zero-order valence-electron chi connectivity index (χ0n) is 3.27. The molecule has 0 bridgehead atoms. The van der Waals surface area contributed by atoms with Gasteiger partial charge in [0.05, 0.1) is 0 Å². The summed E-state index contributed by atoms with van der Waals surface area (Å²) in [4.78, 5) is 0. The van der Waals surface area contributed by atoms with Gasteiger partial charge in [-0.25, -0.2) is 0 Å². The minimum absolute atomic E-state index is 1.47. The summed E-state index contributed by atoms with van der Waals surface area (Å²) in [5, 5.41) is 0. The molecule has 3 heteroatoms. The molecule has 0 aliphatic heterocycles. The third-order valence-electron chi connectivity index (χ3n) is 0.232. The molecule has 0 aromatic heterocycles. The Morgan fingerprint density at radius 2 is 2.40 bits per heavy atom. The Morgan fingerprint density at radius 1 is 1.80 bits per heavy atom. The average molecular weight is 82.8 g/mol. The summed E-state index contributed by atoms with van der Waals surface area (Å²) in [5.74, 6) is 3.51. The van der Waals surface area contributed by atoms with Crippen LogP contribution in [-0.4, -0.2) is 19.1 Å². The average Bonchev–Trinajstić information content (AvgIpc) is 1.41. The summed E-state index contributed by atoms with van der Waals surface area (Å²) in [6.07, 6.45) is 0. The van der Waals surface area contributed by atoms with Crippen molar-refractivity contribution >= 4 is 29.9 Å². The minimum atomic E-state index is 1.47. The van der Waals surface area contributed by atoms with E-state index in [0.29, 0.717) is 0 Å². The predicted molar refractivity (Wildman–Crippen MR) is 32.1 cm³/mol. The van der Waals surface area contributed by atoms with E-state index in [0.717, 1.165) is 0 Å². The topological polar surface area (TPSA) is 0 Å². The summed E-state index contributed by atoms with van der Waals surface area (Å²) in [7, 11) is 3.43. The Labute approximate surface area is 37.5 Å². The zero-order valence-corrected chi connectivity index (χ0v) is 4.09. The molecule has 0 aliphatic carbocycles. The third kappa shape index (κ3) is 4.22. The molecule has 0 rings (SSSR count). The molecule has 0 amide bonds. The zero-order chi connectivity index (χ0) is 4.12. The molecule has 0 unspecified atom stereocenters. The Kier molecular flexibility index (Phi) is 4.41. The first-order valence-electron chi connectivity index (χ1n) is 1.44. The predicted octanol–water partition coefficient (Wildman–Crippen LogP) is 0.438. The van der Waals surface area contributed by atoms with Crippen LogP contribution in [0.1, 0.15) is 0 Å². The van der Waals surface area contributed by atoms with Gasteiger partial charge in [-0.1, -0.05) is 0 Å². The molecule has 0 saturated carbocycles. The van der Waals surface area contributed by atoms with Crippen LogP contribution in [0.3, 0.4) is 0 Å². The van der Waals surface area contributed by atoms with Gasteiger partial charge < -0.3 is 0 Å². The van der Waals surface area contributed by atoms with Gasteiger partial charge >= 0.3 is 36.7 Å². The molecule has 0 nitrogen and oxygen atoms in total. The van der Waals surface area contributed by atoms with Crippen molar-refractivity contribution in [1.29, 1.82) is 0 Å². The Morgan fingerprint density at radius 3 is 2.40 bits per heavy atom. The van der Waals surface area contributed by atoms with Gasteiger partial charge in [0, 0.05) is 0 Å². The van der Waals surface area contributed by atoms with E-state index in [9.17, 15) is 0 Å². The van der Waals surface area contributed by atoms with Crippen molar-refractivity contribution in [3.8, 4) is 0 Å². The standard InChI is InChI=1S/C2H5B2S/c1-3-4-5-2/h2H2,1H3. The van der Waals surface area contributed by atoms with E-state index in [2.05, 4.69) is 5.87 Å². The molecular formula is C2H5B2S. The molecule has 25 valence electrons. The Bertz CT molecular complexity index is 54.7. The van der Waals surface area contributed by atoms with Crippen LogP contribution in [-0.2, 0) is 0 Å². The van der Waals surface area contributed by atoms with Crippen LogP contribution in [0, 0.1) is 0 Å². The SMILES string of the molecule is C=S=B[B]C. The number of rotatable bonds is 1. The van der Waals surface area contributed by atoms with Crippen LogP contribution < -0.4 is 0 Å². The van der Waals surface area contributed by atoms with Crippen LogP contribution >= 0.6 is 10.8 Å². The van der Waals surface area contributed by atoms with E-state index in [1.54, 1.807) is 0 Å². The first-order chi connectivity index (χ1) is 2.41. The van der Waals surface area contributed by atoms with Crippen molar-refractivity contribution < 1.29 is 0 Å². The second-order valence-electron chi connectivity index (χ2n) is 0.636. The summed E-state index contributed by atoms with van der Waals surface area (Å²) in [6.45, 7) is 1.97. The first kappa shape index (κ1) is 5.22. The van der Waals surface area contributed by atoms with Gasteiger partial charge in [-0.3, -0.25) is 0 Å². The van der Waals surface area contributed by atoms with Gasteiger partial charge in [-0.15, -0.1) is 0 Å². The van der Waals surface area contributed by atoms with Gasteiger partial charge in [0.25, 0.3) is 0 Å². The second-order valence-corrected chi connectivity index (χ2v) is 1.24. The molecule has 0 heterocycles. The first-order valence-corrected chi connectivity index (χ1v) is 2.48. The Hall–Kier alpha value is 0.220. The molecular weight excluding hydrogens is 77.7 g/mol. The summed E-state index contributed by atoms with van der Waals surface area (Å²) in [5.41, 5.74) is 0. The molecule has 0 aromatic carbocycles. The van der Waals surface area contributed by atoms with Crippen LogP contribution in [0.5, 0.6) is 0 Å². The van der Waals surface area contributed by atoms with Crippen molar-refractivity contribution in [2.45, 2.75) is 6.82 Å². The van der Waals surface area contributed by atoms with E-state index in [1.807, 2.05) is 20.0 Å². The van der Waals surface area contributed by atoms with Crippen LogP contribution in [0.4, 0.5) is 0 Å². The summed E-state index contributed by atoms with van der Waals surface area (Å²) >= 11 is 0. The van der Waals surface area contributed by atoms with Crippen molar-refractivity contribution in [1.82, 2.24) is 0 Å². The fraction of sp³-hybridized carbons (Fsp3) is 0.500. The normalized spacial score (nSPS) is 5.00. The fourth-order valence-electron chi connectivity index (χ4n) is 0.0962. The molecule has 1 radical (unpaired) electrons. The second kappa shape index (κ2) is 4.22. The molecule has 0 N–H and O–H groups in total. The monoisotopic (exact) mass is 83.0 g/mol. The van der Waals surface area contributed by atoms with E-state index < -0.39 is 0 Å². The Balaban J connectivity index is 2.93. The van der Waals surface area contributed by atoms with Crippen molar-refractivity contribution in [2.24, 2.45) is 0 Å². The van der Waals surface area contributed by atoms with Gasteiger partial charge in [0.1, 0.15) is 0 Å². The maximum absolute atomic E-state index is 3.51. The van der Waals surface area contributed by atoms with Gasteiger partial charge in [-0.2, -0.15) is 0 Å². The van der Waals surface area contributed by atoms with E-state index in [1.165, 1.54) is 10.8 Å². The van der Waals surface area contributed by atoms with Gasteiger partial charge in [0.15, 0.2) is 0 Å². The molecule has 0 aromatic rings. The van der Waals surface area contributed by atoms with E-state index >= 15 is 0 Å². The van der Waals surface area contributed by atoms with Crippen molar-refractivity contribution in [3.63, 3.8) is 0 Å². The van der Waals surface area contributed by atoms with Crippen LogP contribution in [0.2, 0.25) is 6.82 Å². The number of hydrogen-bond donors (Lipinski definition) is 0. The van der Waals surface area contributed by atoms with Crippen LogP contribution in [0.15, 0.2) is 0 Å². The summed E-state index contributed by atoms with van der Waals surface area (Å²) in [6, 6.07) is 1.93. The van der Waals surface area contributed by atoms with Crippen LogP contribution in [0.25, 0.3) is 0 Å². The quantitative estimate of drug-likeness (QED) is 0.318. The van der Waals surface area contributed by atoms with E-state index in [4.69, 9.17) is 0 Å². The fourth-order valence-corrected chi connectivity index (χ4v) is 0.289. The third-order valence-corrected chi connectivity index (χ3v) is 0.697. The molecule has 0 aliphatic rings. The summed E-state index contributed by atoms with van der Waals surface area (Å²) < 4.78 is 0. The molecule has 5 heavy (non-hydrogen) atoms. The molecule has 0 fully saturated rings. The molecule has 0 spiro atoms. The van der Waals surface area contributed by atoms with Gasteiger partial charge in [-0.05, 0) is 0 Å². The number of hydrogen-bond acceptors (Lipinski definition) is 0. The molecule has 0 saturated heterocycles. The maximum atomic E-state index is 3.51.